The molecule has 0 amide bonds. The summed E-state index contributed by atoms with van der Waals surface area (Å²) in [4.78, 5) is 51.0. The van der Waals surface area contributed by atoms with Crippen molar-refractivity contribution in [1.82, 2.24) is 0 Å². The SMILES string of the molecule is O=C(O)c1cc(O)c2c(c1)C(C1c3cc(C(=O)O)cc(O)c3C(=O)c3c(O[C@@H]4OC(CO)[C@@H](O)[C@H](O)C4O)cccc31)CCC2=O. The number of aromatic hydroxyl groups is 2. The molecule has 0 bridgehead atoms. The molecule has 0 spiro atoms. The van der Waals surface area contributed by atoms with Gasteiger partial charge in [0, 0.05) is 12.3 Å². The number of Topliss-reactive ketones (excluding diaryl/α,β-unsaturated/α-hetero) is 1. The smallest absolute Gasteiger partial charge is 0.335 e. The number of aliphatic hydroxyl groups excluding tert-OH is 4. The Balaban J connectivity index is 1.57. The number of rotatable bonds is 6. The van der Waals surface area contributed by atoms with Crippen molar-refractivity contribution in [3.8, 4) is 17.2 Å². The van der Waals surface area contributed by atoms with Gasteiger partial charge in [0.15, 0.2) is 5.78 Å². The maximum Gasteiger partial charge on any atom is 0.335 e. The normalized spacial score (nSPS) is 26.9. The van der Waals surface area contributed by atoms with Gasteiger partial charge in [-0.1, -0.05) is 12.1 Å². The molecule has 3 aromatic carbocycles. The van der Waals surface area contributed by atoms with E-state index in [4.69, 9.17) is 9.47 Å². The second kappa shape index (κ2) is 11.5. The highest BCUT2D eigenvalue weighted by molar-refractivity contribution is 6.16. The molecule has 14 heteroatoms. The van der Waals surface area contributed by atoms with E-state index >= 15 is 0 Å². The van der Waals surface area contributed by atoms with Gasteiger partial charge in [-0.05, 0) is 59.4 Å². The van der Waals surface area contributed by atoms with Crippen LogP contribution in [0.25, 0.3) is 0 Å². The Labute approximate surface area is 259 Å². The van der Waals surface area contributed by atoms with Gasteiger partial charge in [-0.2, -0.15) is 0 Å². The second-order valence-electron chi connectivity index (χ2n) is 11.4. The van der Waals surface area contributed by atoms with Gasteiger partial charge in [0.05, 0.1) is 34.4 Å². The van der Waals surface area contributed by atoms with Gasteiger partial charge in [0.2, 0.25) is 12.1 Å². The van der Waals surface area contributed by atoms with E-state index in [1.165, 1.54) is 30.3 Å². The van der Waals surface area contributed by atoms with Crippen molar-refractivity contribution in [2.45, 2.75) is 55.4 Å². The predicted molar refractivity (Wildman–Crippen MR) is 153 cm³/mol. The van der Waals surface area contributed by atoms with Crippen LogP contribution in [0.5, 0.6) is 17.2 Å². The monoisotopic (exact) mass is 636 g/mol. The lowest BCUT2D eigenvalue weighted by atomic mass is 9.65. The van der Waals surface area contributed by atoms with Gasteiger partial charge >= 0.3 is 11.9 Å². The van der Waals surface area contributed by atoms with Gasteiger partial charge in [0.1, 0.15) is 41.7 Å². The number of aromatic carboxylic acids is 2. The third-order valence-electron chi connectivity index (χ3n) is 8.83. The lowest BCUT2D eigenvalue weighted by Gasteiger charge is -2.40. The van der Waals surface area contributed by atoms with E-state index in [0.29, 0.717) is 0 Å². The molecular weight excluding hydrogens is 608 g/mol. The van der Waals surface area contributed by atoms with Gasteiger partial charge in [-0.25, -0.2) is 9.59 Å². The number of aliphatic hydroxyl groups is 4. The number of carboxylic acid groups (broad SMARTS) is 2. The second-order valence-corrected chi connectivity index (χ2v) is 11.4. The molecule has 46 heavy (non-hydrogen) atoms. The van der Waals surface area contributed by atoms with Crippen molar-refractivity contribution in [2.24, 2.45) is 0 Å². The van der Waals surface area contributed by atoms with Crippen LogP contribution < -0.4 is 4.74 Å². The number of hydrogen-bond acceptors (Lipinski definition) is 12. The maximum atomic E-state index is 14.1. The Morgan fingerprint density at radius 2 is 1.43 bits per heavy atom. The van der Waals surface area contributed by atoms with Crippen molar-refractivity contribution in [3.05, 3.63) is 87.0 Å². The van der Waals surface area contributed by atoms with E-state index in [9.17, 15) is 60.0 Å². The molecule has 1 aliphatic heterocycles. The fraction of sp³-hybridized carbons (Fsp3) is 0.312. The zero-order valence-electron chi connectivity index (χ0n) is 23.7. The van der Waals surface area contributed by atoms with Gasteiger partial charge in [0.25, 0.3) is 0 Å². The number of ether oxygens (including phenoxy) is 2. The van der Waals surface area contributed by atoms with Crippen molar-refractivity contribution < 1.29 is 69.5 Å². The van der Waals surface area contributed by atoms with Crippen LogP contribution >= 0.6 is 0 Å². The summed E-state index contributed by atoms with van der Waals surface area (Å²) in [5.41, 5.74) is -0.765. The largest absolute Gasteiger partial charge is 0.507 e. The molecule has 6 rings (SSSR count). The van der Waals surface area contributed by atoms with Crippen molar-refractivity contribution in [2.75, 3.05) is 6.61 Å². The first-order valence-corrected chi connectivity index (χ1v) is 14.2. The minimum absolute atomic E-state index is 0.0745. The Kier molecular flexibility index (Phi) is 7.78. The third-order valence-corrected chi connectivity index (χ3v) is 8.83. The molecule has 14 nitrogen and oxygen atoms in total. The lowest BCUT2D eigenvalue weighted by Crippen LogP contribution is -2.60. The number of hydrogen-bond donors (Lipinski definition) is 8. The summed E-state index contributed by atoms with van der Waals surface area (Å²) in [5, 5.41) is 81.9. The summed E-state index contributed by atoms with van der Waals surface area (Å²) in [7, 11) is 0. The van der Waals surface area contributed by atoms with Crippen LogP contribution in [0.4, 0.5) is 0 Å². The van der Waals surface area contributed by atoms with Crippen LogP contribution in [0.2, 0.25) is 0 Å². The van der Waals surface area contributed by atoms with Crippen molar-refractivity contribution in [3.63, 3.8) is 0 Å². The Bertz CT molecular complexity index is 1800. The number of fused-ring (bicyclic) bond motifs is 3. The van der Waals surface area contributed by atoms with Crippen LogP contribution in [-0.4, -0.2) is 102 Å². The summed E-state index contributed by atoms with van der Waals surface area (Å²) in [6.45, 7) is -0.739. The lowest BCUT2D eigenvalue weighted by molar-refractivity contribution is -0.277. The molecule has 3 aliphatic rings. The first kappa shape index (κ1) is 31.1. The van der Waals surface area contributed by atoms with E-state index in [1.54, 1.807) is 0 Å². The fourth-order valence-electron chi connectivity index (χ4n) is 6.71. The Hall–Kier alpha value is -4.86. The average molecular weight is 637 g/mol. The van der Waals surface area contributed by atoms with Crippen LogP contribution in [0, 0.1) is 0 Å². The van der Waals surface area contributed by atoms with Crippen molar-refractivity contribution >= 4 is 23.5 Å². The highest BCUT2D eigenvalue weighted by Crippen LogP contribution is 2.53. The molecule has 0 aromatic heterocycles. The first-order valence-electron chi connectivity index (χ1n) is 14.2. The molecule has 8 N–H and O–H groups in total. The van der Waals surface area contributed by atoms with Crippen LogP contribution in [0.1, 0.15) is 88.4 Å². The molecule has 1 fully saturated rings. The molecule has 3 aromatic rings. The zero-order valence-corrected chi connectivity index (χ0v) is 23.7. The Morgan fingerprint density at radius 1 is 0.804 bits per heavy atom. The number of carboxylic acids is 2. The average Bonchev–Trinajstić information content (AvgIpc) is 3.01. The van der Waals surface area contributed by atoms with Crippen molar-refractivity contribution in [1.29, 1.82) is 0 Å². The topological polar surface area (TPSA) is 249 Å². The summed E-state index contributed by atoms with van der Waals surface area (Å²) in [5.74, 6) is -7.28. The number of carbonyl (C=O) groups excluding carboxylic acids is 2. The molecule has 2 aliphatic carbocycles. The summed E-state index contributed by atoms with van der Waals surface area (Å²) < 4.78 is 11.3. The number of phenols is 2. The molecule has 0 saturated carbocycles. The number of ketones is 2. The minimum atomic E-state index is -1.82. The van der Waals surface area contributed by atoms with Gasteiger partial charge < -0.3 is 50.3 Å². The number of carbonyl (C=O) groups is 4. The van der Waals surface area contributed by atoms with Gasteiger partial charge in [-0.15, -0.1) is 0 Å². The number of benzene rings is 3. The van der Waals surface area contributed by atoms with Crippen LogP contribution in [0.3, 0.4) is 0 Å². The quantitative estimate of drug-likeness (QED) is 0.189. The molecule has 7 atom stereocenters. The first-order chi connectivity index (χ1) is 21.8. The maximum absolute atomic E-state index is 14.1. The van der Waals surface area contributed by atoms with Crippen LogP contribution in [-0.2, 0) is 4.74 Å². The fourth-order valence-corrected chi connectivity index (χ4v) is 6.71. The molecule has 240 valence electrons. The molecule has 4 unspecified atom stereocenters. The molecular formula is C32H28O14. The van der Waals surface area contributed by atoms with E-state index in [2.05, 4.69) is 0 Å². The van der Waals surface area contributed by atoms with Gasteiger partial charge in [-0.3, -0.25) is 9.59 Å². The molecule has 1 saturated heterocycles. The Morgan fingerprint density at radius 3 is 2.07 bits per heavy atom. The highest BCUT2D eigenvalue weighted by Gasteiger charge is 2.47. The predicted octanol–water partition coefficient (Wildman–Crippen LogP) is 1.11. The van der Waals surface area contributed by atoms with Crippen LogP contribution in [0.15, 0.2) is 42.5 Å². The van der Waals surface area contributed by atoms with E-state index in [1.807, 2.05) is 0 Å². The van der Waals surface area contributed by atoms with E-state index in [-0.39, 0.29) is 63.1 Å². The number of phenolic OH excluding ortho intramolecular Hbond substituents is 2. The van der Waals surface area contributed by atoms with E-state index in [0.717, 1.165) is 12.1 Å². The third kappa shape index (κ3) is 4.87. The zero-order chi connectivity index (χ0) is 33.2. The summed E-state index contributed by atoms with van der Waals surface area (Å²) >= 11 is 0. The standard InChI is InChI=1S/C32H28O14/c33-10-21-26(37)28(39)29(40)32(46-21)45-20-3-1-2-14-22(16-7-12(31(43)44)9-19(36)24(16)27(38)25(14)20)13-4-5-17(34)23-15(13)6-11(30(41)42)8-18(23)35/h1-3,6-9,13,21-22,26,28-29,32-33,35-37,39-40H,4-5,10H2,(H,41,42)(H,43,44)/t13?,21?,22?,26-,28+,29?,32-/m1/s1. The minimum Gasteiger partial charge on any atom is -0.507 e. The highest BCUT2D eigenvalue weighted by atomic mass is 16.7. The molecule has 0 radical (unpaired) electrons. The molecule has 1 heterocycles. The summed E-state index contributed by atoms with van der Waals surface area (Å²) in [6.07, 6.45) is -8.29. The van der Waals surface area contributed by atoms with E-state index < -0.39 is 84.2 Å². The summed E-state index contributed by atoms with van der Waals surface area (Å²) in [6, 6.07) is 8.65.